The number of aliphatic carboxylic acids is 1. The van der Waals surface area contributed by atoms with Crippen LogP contribution in [0.5, 0.6) is 0 Å². The number of carboxylic acid groups (broad SMARTS) is 1. The van der Waals surface area contributed by atoms with Crippen molar-refractivity contribution in [3.63, 3.8) is 0 Å². The number of carbonyl (C=O) groups is 2. The first-order valence-electron chi connectivity index (χ1n) is 6.99. The van der Waals surface area contributed by atoms with Crippen LogP contribution in [0.25, 0.3) is 10.8 Å². The number of nitrogens with zero attached hydrogens (tertiary/aromatic N) is 2. The lowest BCUT2D eigenvalue weighted by Crippen LogP contribution is -2.38. The third-order valence-corrected chi connectivity index (χ3v) is 3.99. The number of thiazole rings is 1. The lowest BCUT2D eigenvalue weighted by atomic mass is 10.3. The molecule has 0 fully saturated rings. The van der Waals surface area contributed by atoms with E-state index in [1.807, 2.05) is 19.1 Å². The van der Waals surface area contributed by atoms with E-state index in [4.69, 9.17) is 14.3 Å². The zero-order valence-electron chi connectivity index (χ0n) is 12.9. The zero-order valence-corrected chi connectivity index (χ0v) is 13.8. The number of rotatable bonds is 8. The highest BCUT2D eigenvalue weighted by Crippen LogP contribution is 2.25. The van der Waals surface area contributed by atoms with Crippen molar-refractivity contribution in [2.24, 2.45) is 0 Å². The molecule has 124 valence electrons. The van der Waals surface area contributed by atoms with Crippen molar-refractivity contribution in [2.45, 2.75) is 13.3 Å². The van der Waals surface area contributed by atoms with E-state index in [0.717, 1.165) is 5.76 Å². The van der Waals surface area contributed by atoms with Crippen molar-refractivity contribution in [1.82, 2.24) is 9.88 Å². The molecule has 0 aliphatic carbocycles. The molecule has 0 saturated carbocycles. The van der Waals surface area contributed by atoms with Crippen LogP contribution < -0.4 is 0 Å². The normalized spacial score (nSPS) is 10.7. The minimum Gasteiger partial charge on any atom is -0.480 e. The van der Waals surface area contributed by atoms with Crippen LogP contribution in [-0.2, 0) is 20.7 Å². The number of furan rings is 1. The molecule has 2 heterocycles. The second-order valence-corrected chi connectivity index (χ2v) is 5.79. The highest BCUT2D eigenvalue weighted by Gasteiger charge is 2.18. The fraction of sp³-hybridized carbons (Fsp3) is 0.400. The van der Waals surface area contributed by atoms with Crippen LogP contribution in [0, 0.1) is 6.92 Å². The third-order valence-electron chi connectivity index (χ3n) is 3.08. The molecule has 0 bridgehead atoms. The molecule has 0 aliphatic rings. The van der Waals surface area contributed by atoms with E-state index in [9.17, 15) is 9.59 Å². The SMILES string of the molecule is COCCN(CC(=O)O)C(=O)Cc1csc(-c2ccc(C)o2)n1. The summed E-state index contributed by atoms with van der Waals surface area (Å²) in [5.41, 5.74) is 0.594. The van der Waals surface area contributed by atoms with Crippen molar-refractivity contribution in [3.05, 3.63) is 29.0 Å². The molecule has 1 N–H and O–H groups in total. The van der Waals surface area contributed by atoms with Crippen molar-refractivity contribution >= 4 is 23.2 Å². The van der Waals surface area contributed by atoms with Gasteiger partial charge in [-0.25, -0.2) is 4.98 Å². The molecule has 2 aromatic rings. The summed E-state index contributed by atoms with van der Waals surface area (Å²) >= 11 is 1.38. The maximum atomic E-state index is 12.3. The Morgan fingerprint density at radius 2 is 2.22 bits per heavy atom. The number of hydrogen-bond donors (Lipinski definition) is 1. The molecule has 0 spiro atoms. The van der Waals surface area contributed by atoms with Crippen LogP contribution in [0.3, 0.4) is 0 Å². The monoisotopic (exact) mass is 338 g/mol. The van der Waals surface area contributed by atoms with Gasteiger partial charge in [-0.05, 0) is 19.1 Å². The van der Waals surface area contributed by atoms with Gasteiger partial charge in [0.2, 0.25) is 5.91 Å². The van der Waals surface area contributed by atoms with E-state index >= 15 is 0 Å². The summed E-state index contributed by atoms with van der Waals surface area (Å²) in [5.74, 6) is 0.101. The van der Waals surface area contributed by atoms with Gasteiger partial charge in [-0.15, -0.1) is 11.3 Å². The Bertz CT molecular complexity index is 679. The third kappa shape index (κ3) is 4.90. The van der Waals surface area contributed by atoms with E-state index in [1.165, 1.54) is 23.3 Å². The molecule has 7 nitrogen and oxygen atoms in total. The predicted octanol–water partition coefficient (Wildman–Crippen LogP) is 1.81. The molecule has 2 rings (SSSR count). The van der Waals surface area contributed by atoms with Gasteiger partial charge in [-0.3, -0.25) is 9.59 Å². The van der Waals surface area contributed by atoms with Gasteiger partial charge in [0, 0.05) is 19.0 Å². The number of aromatic nitrogens is 1. The predicted molar refractivity (Wildman–Crippen MR) is 84.3 cm³/mol. The summed E-state index contributed by atoms with van der Waals surface area (Å²) < 4.78 is 10.4. The average molecular weight is 338 g/mol. The van der Waals surface area contributed by atoms with Gasteiger partial charge in [0.1, 0.15) is 12.3 Å². The summed E-state index contributed by atoms with van der Waals surface area (Å²) in [6.07, 6.45) is 0.0488. The van der Waals surface area contributed by atoms with Gasteiger partial charge in [-0.1, -0.05) is 0 Å². The lowest BCUT2D eigenvalue weighted by molar-refractivity contribution is -0.144. The first-order valence-corrected chi connectivity index (χ1v) is 7.87. The molecule has 23 heavy (non-hydrogen) atoms. The standard InChI is InChI=1S/C15H18N2O5S/c1-10-3-4-12(22-10)15-16-11(9-23-15)7-13(18)17(5-6-21-2)8-14(19)20/h3-4,9H,5-8H2,1-2H3,(H,19,20). The van der Waals surface area contributed by atoms with Gasteiger partial charge >= 0.3 is 5.97 Å². The molecule has 0 saturated heterocycles. The van der Waals surface area contributed by atoms with E-state index < -0.39 is 5.97 Å². The Balaban J connectivity index is 2.03. The van der Waals surface area contributed by atoms with Crippen molar-refractivity contribution in [2.75, 3.05) is 26.8 Å². The number of amides is 1. The number of hydrogen-bond acceptors (Lipinski definition) is 6. The molecule has 2 aromatic heterocycles. The Labute approximate surface area is 137 Å². The summed E-state index contributed by atoms with van der Waals surface area (Å²) in [6.45, 7) is 2.01. The molecule has 1 amide bonds. The number of ether oxygens (including phenoxy) is 1. The van der Waals surface area contributed by atoms with Gasteiger partial charge < -0.3 is 19.2 Å². The Morgan fingerprint density at radius 1 is 1.43 bits per heavy atom. The second-order valence-electron chi connectivity index (χ2n) is 4.93. The smallest absolute Gasteiger partial charge is 0.323 e. The van der Waals surface area contributed by atoms with E-state index in [1.54, 1.807) is 5.38 Å². The number of carbonyl (C=O) groups excluding carboxylic acids is 1. The first-order chi connectivity index (χ1) is 11.0. The Hall–Kier alpha value is -2.19. The summed E-state index contributed by atoms with van der Waals surface area (Å²) in [5, 5.41) is 11.4. The van der Waals surface area contributed by atoms with Gasteiger partial charge in [0.25, 0.3) is 0 Å². The van der Waals surface area contributed by atoms with Gasteiger partial charge in [0.05, 0.1) is 18.7 Å². The minimum absolute atomic E-state index is 0.0488. The topological polar surface area (TPSA) is 92.9 Å². The Morgan fingerprint density at radius 3 is 2.83 bits per heavy atom. The van der Waals surface area contributed by atoms with E-state index in [-0.39, 0.29) is 32.0 Å². The lowest BCUT2D eigenvalue weighted by Gasteiger charge is -2.19. The van der Waals surface area contributed by atoms with Crippen molar-refractivity contribution in [1.29, 1.82) is 0 Å². The van der Waals surface area contributed by atoms with Gasteiger partial charge in [0.15, 0.2) is 10.8 Å². The molecule has 0 aromatic carbocycles. The largest absolute Gasteiger partial charge is 0.480 e. The van der Waals surface area contributed by atoms with Crippen LogP contribution >= 0.6 is 11.3 Å². The molecular formula is C15H18N2O5S. The van der Waals surface area contributed by atoms with Crippen molar-refractivity contribution < 1.29 is 23.8 Å². The minimum atomic E-state index is -1.06. The number of aryl methyl sites for hydroxylation is 1. The van der Waals surface area contributed by atoms with Crippen LogP contribution in [0.4, 0.5) is 0 Å². The quantitative estimate of drug-likeness (QED) is 0.789. The van der Waals surface area contributed by atoms with Crippen LogP contribution in [0.15, 0.2) is 21.9 Å². The number of methoxy groups -OCH3 is 1. The van der Waals surface area contributed by atoms with Crippen LogP contribution in [0.2, 0.25) is 0 Å². The maximum absolute atomic E-state index is 12.3. The molecule has 0 aliphatic heterocycles. The molecule has 0 atom stereocenters. The second kappa shape index (κ2) is 7.89. The first kappa shape index (κ1) is 17.2. The maximum Gasteiger partial charge on any atom is 0.323 e. The molecule has 0 unspecified atom stereocenters. The van der Waals surface area contributed by atoms with E-state index in [2.05, 4.69) is 4.98 Å². The Kier molecular flexibility index (Phi) is 5.89. The zero-order chi connectivity index (χ0) is 16.8. The fourth-order valence-electron chi connectivity index (χ4n) is 1.97. The van der Waals surface area contributed by atoms with Gasteiger partial charge in [-0.2, -0.15) is 0 Å². The summed E-state index contributed by atoms with van der Waals surface area (Å²) in [7, 11) is 1.50. The van der Waals surface area contributed by atoms with Crippen LogP contribution in [-0.4, -0.2) is 53.7 Å². The fourth-order valence-corrected chi connectivity index (χ4v) is 2.75. The van der Waals surface area contributed by atoms with Crippen LogP contribution in [0.1, 0.15) is 11.5 Å². The van der Waals surface area contributed by atoms with E-state index in [0.29, 0.717) is 16.5 Å². The summed E-state index contributed by atoms with van der Waals surface area (Å²) in [4.78, 5) is 28.7. The molecule has 8 heteroatoms. The van der Waals surface area contributed by atoms with Crippen molar-refractivity contribution in [3.8, 4) is 10.8 Å². The summed E-state index contributed by atoms with van der Waals surface area (Å²) in [6, 6.07) is 3.68. The highest BCUT2D eigenvalue weighted by molar-refractivity contribution is 7.13. The molecular weight excluding hydrogens is 320 g/mol. The highest BCUT2D eigenvalue weighted by atomic mass is 32.1. The molecule has 0 radical (unpaired) electrons. The average Bonchev–Trinajstić information content (AvgIpc) is 3.11. The number of carboxylic acids is 1.